The molecule has 0 saturated heterocycles. The molecule has 0 aromatic heterocycles. The summed E-state index contributed by atoms with van der Waals surface area (Å²) in [6, 6.07) is 19.7. The van der Waals surface area contributed by atoms with Crippen LogP contribution < -0.4 is 14.8 Å². The number of halogens is 2. The van der Waals surface area contributed by atoms with E-state index in [1.807, 2.05) is 42.5 Å². The number of hydrogen-bond acceptors (Lipinski definition) is 3. The number of methoxy groups -OCH3 is 1. The zero-order valence-corrected chi connectivity index (χ0v) is 17.5. The highest BCUT2D eigenvalue weighted by Gasteiger charge is 2.13. The van der Waals surface area contributed by atoms with Gasteiger partial charge in [0.2, 0.25) is 0 Å². The average Bonchev–Trinajstić information content (AvgIpc) is 2.72. The Bertz CT molecular complexity index is 944. The first-order valence-corrected chi connectivity index (χ1v) is 9.92. The van der Waals surface area contributed by atoms with Gasteiger partial charge in [-0.1, -0.05) is 66.5 Å². The number of anilines is 1. The van der Waals surface area contributed by atoms with Gasteiger partial charge in [-0.05, 0) is 41.8 Å². The van der Waals surface area contributed by atoms with Crippen molar-refractivity contribution in [3.05, 3.63) is 87.4 Å². The first-order valence-electron chi connectivity index (χ1n) is 9.16. The van der Waals surface area contributed by atoms with Crippen molar-refractivity contribution in [1.82, 2.24) is 0 Å². The summed E-state index contributed by atoms with van der Waals surface area (Å²) in [5.74, 6) is 1.11. The van der Waals surface area contributed by atoms with E-state index in [9.17, 15) is 0 Å². The summed E-state index contributed by atoms with van der Waals surface area (Å²) in [5, 5.41) is 4.64. The summed E-state index contributed by atoms with van der Waals surface area (Å²) < 4.78 is 11.4. The fourth-order valence-electron chi connectivity index (χ4n) is 2.98. The summed E-state index contributed by atoms with van der Waals surface area (Å²) in [5.41, 5.74) is 4.31. The minimum atomic E-state index is 0.317. The average molecular weight is 416 g/mol. The van der Waals surface area contributed by atoms with Crippen molar-refractivity contribution in [2.24, 2.45) is 0 Å². The molecular weight excluding hydrogens is 393 g/mol. The number of nitrogens with one attached hydrogen (secondary N) is 1. The van der Waals surface area contributed by atoms with E-state index in [0.717, 1.165) is 23.2 Å². The van der Waals surface area contributed by atoms with Crippen LogP contribution in [0.25, 0.3) is 0 Å². The summed E-state index contributed by atoms with van der Waals surface area (Å²) in [6.07, 6.45) is 0.974. The van der Waals surface area contributed by atoms with Crippen molar-refractivity contribution >= 4 is 28.9 Å². The maximum absolute atomic E-state index is 6.49. The Kier molecular flexibility index (Phi) is 7.07. The number of hydrogen-bond donors (Lipinski definition) is 1. The molecule has 3 nitrogen and oxygen atoms in total. The van der Waals surface area contributed by atoms with Crippen LogP contribution in [0, 0.1) is 0 Å². The second-order valence-electron chi connectivity index (χ2n) is 6.35. The van der Waals surface area contributed by atoms with E-state index in [1.54, 1.807) is 7.11 Å². The summed E-state index contributed by atoms with van der Waals surface area (Å²) in [4.78, 5) is 0. The van der Waals surface area contributed by atoms with Gasteiger partial charge in [-0.3, -0.25) is 0 Å². The molecule has 0 aliphatic heterocycles. The van der Waals surface area contributed by atoms with Crippen LogP contribution in [-0.2, 0) is 19.6 Å². The van der Waals surface area contributed by atoms with Crippen molar-refractivity contribution in [2.75, 3.05) is 12.4 Å². The lowest BCUT2D eigenvalue weighted by Crippen LogP contribution is -2.04. The van der Waals surface area contributed by atoms with Gasteiger partial charge in [-0.2, -0.15) is 0 Å². The molecule has 0 saturated carbocycles. The molecule has 0 aliphatic carbocycles. The van der Waals surface area contributed by atoms with Gasteiger partial charge in [-0.15, -0.1) is 0 Å². The monoisotopic (exact) mass is 415 g/mol. The lowest BCUT2D eigenvalue weighted by molar-refractivity contribution is 0.284. The van der Waals surface area contributed by atoms with E-state index >= 15 is 0 Å². The lowest BCUT2D eigenvalue weighted by atomic mass is 10.1. The predicted molar refractivity (Wildman–Crippen MR) is 117 cm³/mol. The minimum absolute atomic E-state index is 0.317. The van der Waals surface area contributed by atoms with Gasteiger partial charge >= 0.3 is 0 Å². The predicted octanol–water partition coefficient (Wildman–Crippen LogP) is 6.76. The number of aryl methyl sites for hydroxylation is 1. The molecule has 3 aromatic carbocycles. The number of ether oxygens (including phenoxy) is 2. The Morgan fingerprint density at radius 3 is 2.32 bits per heavy atom. The topological polar surface area (TPSA) is 30.5 Å². The lowest BCUT2D eigenvalue weighted by Gasteiger charge is -2.16. The van der Waals surface area contributed by atoms with Crippen molar-refractivity contribution in [2.45, 2.75) is 26.5 Å². The largest absolute Gasteiger partial charge is 0.493 e. The fraction of sp³-hybridized carbons (Fsp3) is 0.217. The highest BCUT2D eigenvalue weighted by molar-refractivity contribution is 6.32. The zero-order valence-electron chi connectivity index (χ0n) is 16.0. The maximum atomic E-state index is 6.49. The molecule has 0 atom stereocenters. The van der Waals surface area contributed by atoms with E-state index in [1.165, 1.54) is 5.56 Å². The molecule has 146 valence electrons. The third kappa shape index (κ3) is 4.92. The van der Waals surface area contributed by atoms with E-state index in [4.69, 9.17) is 32.7 Å². The molecule has 28 heavy (non-hydrogen) atoms. The van der Waals surface area contributed by atoms with Gasteiger partial charge in [0, 0.05) is 22.8 Å². The van der Waals surface area contributed by atoms with E-state index < -0.39 is 0 Å². The number of para-hydroxylation sites is 1. The smallest absolute Gasteiger partial charge is 0.180 e. The first kappa shape index (κ1) is 20.4. The second-order valence-corrected chi connectivity index (χ2v) is 7.17. The van der Waals surface area contributed by atoms with Crippen LogP contribution >= 0.6 is 23.2 Å². The Labute approximate surface area is 176 Å². The van der Waals surface area contributed by atoms with Crippen LogP contribution in [0.2, 0.25) is 10.0 Å². The van der Waals surface area contributed by atoms with Gasteiger partial charge in [-0.25, -0.2) is 0 Å². The molecular formula is C23H23Cl2NO2. The Balaban J connectivity index is 1.75. The zero-order chi connectivity index (χ0) is 19.9. The highest BCUT2D eigenvalue weighted by Crippen LogP contribution is 2.37. The van der Waals surface area contributed by atoms with Gasteiger partial charge < -0.3 is 14.8 Å². The Hall–Kier alpha value is -2.36. The van der Waals surface area contributed by atoms with Crippen LogP contribution in [0.3, 0.4) is 0 Å². The maximum Gasteiger partial charge on any atom is 0.180 e. The molecule has 0 fully saturated rings. The van der Waals surface area contributed by atoms with Crippen LogP contribution in [-0.4, -0.2) is 7.11 Å². The van der Waals surface area contributed by atoms with Gasteiger partial charge in [0.1, 0.15) is 6.61 Å². The van der Waals surface area contributed by atoms with Crippen LogP contribution in [0.1, 0.15) is 23.6 Å². The van der Waals surface area contributed by atoms with E-state index in [0.29, 0.717) is 34.7 Å². The third-order valence-electron chi connectivity index (χ3n) is 4.50. The molecule has 0 aliphatic rings. The van der Waals surface area contributed by atoms with Crippen molar-refractivity contribution in [1.29, 1.82) is 0 Å². The van der Waals surface area contributed by atoms with Crippen LogP contribution in [0.5, 0.6) is 11.5 Å². The molecule has 5 heteroatoms. The quantitative estimate of drug-likeness (QED) is 0.440. The molecule has 1 N–H and O–H groups in total. The van der Waals surface area contributed by atoms with E-state index in [-0.39, 0.29) is 0 Å². The molecule has 3 rings (SSSR count). The fourth-order valence-corrected chi connectivity index (χ4v) is 3.46. The normalized spacial score (nSPS) is 10.6. The van der Waals surface area contributed by atoms with Crippen LogP contribution in [0.15, 0.2) is 60.7 Å². The summed E-state index contributed by atoms with van der Waals surface area (Å²) >= 11 is 12.7. The molecule has 0 amide bonds. The second kappa shape index (κ2) is 9.72. The van der Waals surface area contributed by atoms with Crippen molar-refractivity contribution < 1.29 is 9.47 Å². The summed E-state index contributed by atoms with van der Waals surface area (Å²) in [6.45, 7) is 3.10. The highest BCUT2D eigenvalue weighted by atomic mass is 35.5. The minimum Gasteiger partial charge on any atom is -0.493 e. The van der Waals surface area contributed by atoms with Gasteiger partial charge in [0.25, 0.3) is 0 Å². The molecule has 0 bridgehead atoms. The third-order valence-corrected chi connectivity index (χ3v) is 5.15. The molecule has 0 heterocycles. The Morgan fingerprint density at radius 2 is 1.61 bits per heavy atom. The standard InChI is InChI=1S/C23H23Cl2NO2/c1-3-17-8-5-7-11-21(17)26-14-16-12-20(25)23(22(13-16)27-2)28-15-18-9-4-6-10-19(18)24/h4-13,26H,3,14-15H2,1-2H3. The van der Waals surface area contributed by atoms with Crippen LogP contribution in [0.4, 0.5) is 5.69 Å². The van der Waals surface area contributed by atoms with Gasteiger partial charge in [0.05, 0.1) is 12.1 Å². The Morgan fingerprint density at radius 1 is 0.893 bits per heavy atom. The van der Waals surface area contributed by atoms with Gasteiger partial charge in [0.15, 0.2) is 11.5 Å². The van der Waals surface area contributed by atoms with E-state index in [2.05, 4.69) is 30.4 Å². The molecule has 0 spiro atoms. The molecule has 3 aromatic rings. The van der Waals surface area contributed by atoms with Crippen molar-refractivity contribution in [3.8, 4) is 11.5 Å². The van der Waals surface area contributed by atoms with Crippen molar-refractivity contribution in [3.63, 3.8) is 0 Å². The number of benzene rings is 3. The molecule has 0 unspecified atom stereocenters. The first-order chi connectivity index (χ1) is 13.6. The number of rotatable bonds is 8. The SMILES string of the molecule is CCc1ccccc1NCc1cc(Cl)c(OCc2ccccc2Cl)c(OC)c1. The molecule has 0 radical (unpaired) electrons. The summed E-state index contributed by atoms with van der Waals surface area (Å²) in [7, 11) is 1.61.